The average Bonchev–Trinajstić information content (AvgIpc) is 2.25. The summed E-state index contributed by atoms with van der Waals surface area (Å²) in [7, 11) is 0. The fourth-order valence-corrected chi connectivity index (χ4v) is 2.18. The van der Waals surface area contributed by atoms with Crippen LogP contribution in [0.2, 0.25) is 0 Å². The molecular weight excluding hydrogens is 254 g/mol. The Kier molecular flexibility index (Phi) is 6.92. The Bertz CT molecular complexity index is 256. The summed E-state index contributed by atoms with van der Waals surface area (Å²) in [4.78, 5) is 14.0. The third kappa shape index (κ3) is 4.72. The number of hydrogen-bond donors (Lipinski definition) is 2. The number of carbonyl (C=O) groups excluding carboxylic acids is 1. The van der Waals surface area contributed by atoms with Crippen molar-refractivity contribution in [2.24, 2.45) is 11.8 Å². The molecule has 0 aromatic carbocycles. The monoisotopic (exact) mass is 277 g/mol. The van der Waals surface area contributed by atoms with Crippen LogP contribution in [0.1, 0.15) is 6.92 Å². The van der Waals surface area contributed by atoms with E-state index in [1.165, 1.54) is 0 Å². The van der Waals surface area contributed by atoms with Crippen LogP contribution in [0.5, 0.6) is 0 Å². The summed E-state index contributed by atoms with van der Waals surface area (Å²) in [5, 5.41) is 6.15. The van der Waals surface area contributed by atoms with Gasteiger partial charge in [0.25, 0.3) is 0 Å². The van der Waals surface area contributed by atoms with Gasteiger partial charge in [-0.15, -0.1) is 12.4 Å². The Morgan fingerprint density at radius 3 is 2.67 bits per heavy atom. The highest BCUT2D eigenvalue weighted by Gasteiger charge is 2.24. The summed E-state index contributed by atoms with van der Waals surface area (Å²) in [5.74, 6) is 0.910. The molecule has 0 radical (unpaired) electrons. The van der Waals surface area contributed by atoms with Crippen LogP contribution < -0.4 is 10.6 Å². The van der Waals surface area contributed by atoms with Crippen molar-refractivity contribution < 1.29 is 9.53 Å². The van der Waals surface area contributed by atoms with E-state index in [4.69, 9.17) is 4.74 Å². The van der Waals surface area contributed by atoms with Gasteiger partial charge in [-0.05, 0) is 5.92 Å². The number of halogens is 1. The third-order valence-corrected chi connectivity index (χ3v) is 3.45. The molecule has 0 saturated carbocycles. The fraction of sp³-hybridized carbons (Fsp3) is 0.917. The molecule has 18 heavy (non-hydrogen) atoms. The van der Waals surface area contributed by atoms with Crippen molar-refractivity contribution >= 4 is 18.3 Å². The van der Waals surface area contributed by atoms with E-state index in [-0.39, 0.29) is 24.2 Å². The number of morpholine rings is 1. The van der Waals surface area contributed by atoms with E-state index >= 15 is 0 Å². The molecule has 0 spiro atoms. The Morgan fingerprint density at radius 2 is 2.11 bits per heavy atom. The first-order valence-electron chi connectivity index (χ1n) is 6.54. The smallest absolute Gasteiger partial charge is 0.225 e. The van der Waals surface area contributed by atoms with Gasteiger partial charge in [0.1, 0.15) is 0 Å². The van der Waals surface area contributed by atoms with E-state index in [1.807, 2.05) is 0 Å². The van der Waals surface area contributed by atoms with Crippen molar-refractivity contribution in [2.45, 2.75) is 6.92 Å². The second kappa shape index (κ2) is 7.94. The zero-order valence-electron chi connectivity index (χ0n) is 11.0. The lowest BCUT2D eigenvalue weighted by Gasteiger charge is -2.30. The molecule has 2 saturated heterocycles. The van der Waals surface area contributed by atoms with E-state index < -0.39 is 0 Å². The summed E-state index contributed by atoms with van der Waals surface area (Å²) in [6.07, 6.45) is 0. The van der Waals surface area contributed by atoms with Gasteiger partial charge in [0.05, 0.1) is 19.1 Å². The molecule has 2 rings (SSSR count). The maximum atomic E-state index is 11.6. The number of carbonyl (C=O) groups is 1. The number of hydrogen-bond acceptors (Lipinski definition) is 4. The number of amides is 1. The second-order valence-electron chi connectivity index (χ2n) is 5.12. The molecule has 2 fully saturated rings. The summed E-state index contributed by atoms with van der Waals surface area (Å²) < 4.78 is 5.31. The van der Waals surface area contributed by atoms with E-state index in [1.54, 1.807) is 0 Å². The predicted octanol–water partition coefficient (Wildman–Crippen LogP) is -0.288. The summed E-state index contributed by atoms with van der Waals surface area (Å²) in [5.41, 5.74) is 0. The molecule has 0 bridgehead atoms. The molecule has 1 unspecified atom stereocenters. The van der Waals surface area contributed by atoms with Crippen LogP contribution in [0.15, 0.2) is 0 Å². The fourth-order valence-electron chi connectivity index (χ4n) is 2.18. The predicted molar refractivity (Wildman–Crippen MR) is 73.0 cm³/mol. The lowest BCUT2D eigenvalue weighted by molar-refractivity contribution is -0.126. The van der Waals surface area contributed by atoms with E-state index in [9.17, 15) is 4.79 Å². The summed E-state index contributed by atoms with van der Waals surface area (Å²) in [6.45, 7) is 9.41. The summed E-state index contributed by atoms with van der Waals surface area (Å²) in [6, 6.07) is 0. The van der Waals surface area contributed by atoms with E-state index in [0.29, 0.717) is 5.92 Å². The van der Waals surface area contributed by atoms with Crippen molar-refractivity contribution in [3.63, 3.8) is 0 Å². The molecule has 2 heterocycles. The minimum Gasteiger partial charge on any atom is -0.379 e. The molecule has 0 aromatic rings. The standard InChI is InChI=1S/C12H23N3O2.ClH/c1-10(9-15-2-4-17-5-3-15)6-14-12(16)11-7-13-8-11;/h10-11,13H,2-9H2,1H3,(H,14,16);1H. The van der Waals surface area contributed by atoms with Crippen molar-refractivity contribution in [1.29, 1.82) is 0 Å². The normalized spacial score (nSPS) is 22.7. The van der Waals surface area contributed by atoms with E-state index in [2.05, 4.69) is 22.5 Å². The molecule has 106 valence electrons. The van der Waals surface area contributed by atoms with Crippen LogP contribution >= 0.6 is 12.4 Å². The Morgan fingerprint density at radius 1 is 1.44 bits per heavy atom. The molecule has 2 N–H and O–H groups in total. The number of nitrogens with one attached hydrogen (secondary N) is 2. The van der Waals surface area contributed by atoms with Gasteiger partial charge in [-0.2, -0.15) is 0 Å². The molecular formula is C12H24ClN3O2. The Labute approximate surface area is 115 Å². The van der Waals surface area contributed by atoms with Crippen LogP contribution in [0, 0.1) is 11.8 Å². The van der Waals surface area contributed by atoms with Gasteiger partial charge >= 0.3 is 0 Å². The van der Waals surface area contributed by atoms with Crippen LogP contribution in [-0.2, 0) is 9.53 Å². The van der Waals surface area contributed by atoms with Crippen molar-refractivity contribution in [3.8, 4) is 0 Å². The molecule has 1 amide bonds. The molecule has 1 atom stereocenters. The van der Waals surface area contributed by atoms with Gasteiger partial charge in [-0.3, -0.25) is 9.69 Å². The summed E-state index contributed by atoms with van der Waals surface area (Å²) >= 11 is 0. The molecule has 5 nitrogen and oxygen atoms in total. The first kappa shape index (κ1) is 15.7. The quantitative estimate of drug-likeness (QED) is 0.725. The van der Waals surface area contributed by atoms with Gasteiger partial charge in [0.2, 0.25) is 5.91 Å². The molecule has 0 aromatic heterocycles. The van der Waals surface area contributed by atoms with Gasteiger partial charge in [0.15, 0.2) is 0 Å². The lowest BCUT2D eigenvalue weighted by Crippen LogP contribution is -2.51. The maximum absolute atomic E-state index is 11.6. The number of nitrogens with zero attached hydrogens (tertiary/aromatic N) is 1. The highest BCUT2D eigenvalue weighted by atomic mass is 35.5. The second-order valence-corrected chi connectivity index (χ2v) is 5.12. The van der Waals surface area contributed by atoms with Crippen molar-refractivity contribution in [2.75, 3.05) is 52.5 Å². The van der Waals surface area contributed by atoms with Gasteiger partial charge in [-0.1, -0.05) is 6.92 Å². The van der Waals surface area contributed by atoms with Crippen molar-refractivity contribution in [1.82, 2.24) is 15.5 Å². The van der Waals surface area contributed by atoms with Crippen LogP contribution in [-0.4, -0.2) is 63.3 Å². The molecule has 0 aliphatic carbocycles. The Balaban J connectivity index is 0.00000162. The minimum absolute atomic E-state index is 0. The first-order valence-corrected chi connectivity index (χ1v) is 6.54. The average molecular weight is 278 g/mol. The lowest BCUT2D eigenvalue weighted by atomic mass is 10.0. The maximum Gasteiger partial charge on any atom is 0.225 e. The zero-order valence-corrected chi connectivity index (χ0v) is 11.8. The van der Waals surface area contributed by atoms with Gasteiger partial charge in [-0.25, -0.2) is 0 Å². The van der Waals surface area contributed by atoms with Crippen molar-refractivity contribution in [3.05, 3.63) is 0 Å². The molecule has 6 heteroatoms. The zero-order chi connectivity index (χ0) is 12.1. The molecule has 2 aliphatic rings. The van der Waals surface area contributed by atoms with Gasteiger partial charge in [0, 0.05) is 39.3 Å². The number of ether oxygens (including phenoxy) is 1. The van der Waals surface area contributed by atoms with Crippen LogP contribution in [0.4, 0.5) is 0 Å². The van der Waals surface area contributed by atoms with Gasteiger partial charge < -0.3 is 15.4 Å². The first-order chi connectivity index (χ1) is 8.25. The SMILES string of the molecule is CC(CNC(=O)C1CNC1)CN1CCOCC1.Cl. The Hall–Kier alpha value is -0.360. The molecule has 2 aliphatic heterocycles. The van der Waals surface area contributed by atoms with Crippen LogP contribution in [0.25, 0.3) is 0 Å². The van der Waals surface area contributed by atoms with Crippen LogP contribution in [0.3, 0.4) is 0 Å². The highest BCUT2D eigenvalue weighted by Crippen LogP contribution is 2.05. The third-order valence-electron chi connectivity index (χ3n) is 3.45. The largest absolute Gasteiger partial charge is 0.379 e. The minimum atomic E-state index is 0. The topological polar surface area (TPSA) is 53.6 Å². The number of rotatable bonds is 5. The highest BCUT2D eigenvalue weighted by molar-refractivity contribution is 5.85. The van der Waals surface area contributed by atoms with E-state index in [0.717, 1.165) is 52.5 Å².